The Hall–Kier alpha value is -1.73. The fraction of sp³-hybridized carbons (Fsp3) is 0.417. The van der Waals surface area contributed by atoms with Gasteiger partial charge in [0.15, 0.2) is 0 Å². The van der Waals surface area contributed by atoms with Crippen molar-refractivity contribution in [2.45, 2.75) is 26.8 Å². The van der Waals surface area contributed by atoms with Gasteiger partial charge in [0.1, 0.15) is 10.7 Å². The van der Waals surface area contributed by atoms with Crippen molar-refractivity contribution >= 4 is 27.5 Å². The zero-order valence-corrected chi connectivity index (χ0v) is 11.6. The number of rotatable bonds is 5. The quantitative estimate of drug-likeness (QED) is 0.715. The molecule has 7 heteroatoms. The van der Waals surface area contributed by atoms with Crippen molar-refractivity contribution in [3.8, 4) is 0 Å². The first-order chi connectivity index (χ1) is 8.99. The monoisotopic (exact) mass is 281 g/mol. The summed E-state index contributed by atoms with van der Waals surface area (Å²) in [6.45, 7) is 4.58. The minimum atomic E-state index is -0.853. The molecule has 0 aliphatic rings. The van der Waals surface area contributed by atoms with Crippen LogP contribution in [0.3, 0.4) is 0 Å². The van der Waals surface area contributed by atoms with E-state index in [0.29, 0.717) is 24.3 Å². The molecule has 0 aromatic carbocycles. The molecule has 0 amide bonds. The fourth-order valence-corrected chi connectivity index (χ4v) is 2.83. The maximum atomic E-state index is 12.0. The Balaban J connectivity index is 2.17. The van der Waals surface area contributed by atoms with Gasteiger partial charge in [-0.25, -0.2) is 4.98 Å². The van der Waals surface area contributed by atoms with Crippen molar-refractivity contribution in [1.29, 1.82) is 0 Å². The fourth-order valence-electron chi connectivity index (χ4n) is 1.79. The summed E-state index contributed by atoms with van der Waals surface area (Å²) >= 11 is 1.50. The third-order valence-corrected chi connectivity index (χ3v) is 4.00. The number of carboxylic acid groups (broad SMARTS) is 1. The second kappa shape index (κ2) is 5.50. The number of nitrogens with one attached hydrogen (secondary N) is 2. The van der Waals surface area contributed by atoms with Gasteiger partial charge in [-0.1, -0.05) is 0 Å². The van der Waals surface area contributed by atoms with E-state index in [1.165, 1.54) is 11.3 Å². The van der Waals surface area contributed by atoms with Crippen molar-refractivity contribution in [1.82, 2.24) is 15.3 Å². The average molecular weight is 281 g/mol. The SMILES string of the molecule is Cc1sc2nc(CNCCC(=O)O)[nH]c(=O)c2c1C. The number of H-pyrrole nitrogens is 1. The van der Waals surface area contributed by atoms with Gasteiger partial charge in [0, 0.05) is 11.4 Å². The first-order valence-electron chi connectivity index (χ1n) is 5.90. The molecule has 0 aliphatic heterocycles. The summed E-state index contributed by atoms with van der Waals surface area (Å²) in [6, 6.07) is 0. The van der Waals surface area contributed by atoms with E-state index in [1.807, 2.05) is 13.8 Å². The minimum Gasteiger partial charge on any atom is -0.481 e. The largest absolute Gasteiger partial charge is 0.481 e. The summed E-state index contributed by atoms with van der Waals surface area (Å²) in [6.07, 6.45) is 0.0453. The number of carboxylic acids is 1. The Morgan fingerprint density at radius 2 is 2.21 bits per heavy atom. The van der Waals surface area contributed by atoms with Crippen LogP contribution in [0.25, 0.3) is 10.2 Å². The van der Waals surface area contributed by atoms with Crippen LogP contribution < -0.4 is 10.9 Å². The smallest absolute Gasteiger partial charge is 0.304 e. The van der Waals surface area contributed by atoms with E-state index in [4.69, 9.17) is 5.11 Å². The number of fused-ring (bicyclic) bond motifs is 1. The van der Waals surface area contributed by atoms with Gasteiger partial charge in [-0.15, -0.1) is 11.3 Å². The molecule has 0 unspecified atom stereocenters. The van der Waals surface area contributed by atoms with Crippen LogP contribution in [0, 0.1) is 13.8 Å². The molecule has 0 atom stereocenters. The predicted octanol–water partition coefficient (Wildman–Crippen LogP) is 1.17. The summed E-state index contributed by atoms with van der Waals surface area (Å²) in [5.74, 6) is -0.321. The van der Waals surface area contributed by atoms with E-state index in [0.717, 1.165) is 15.3 Å². The number of hydrogen-bond donors (Lipinski definition) is 3. The van der Waals surface area contributed by atoms with Crippen molar-refractivity contribution in [2.24, 2.45) is 0 Å². The van der Waals surface area contributed by atoms with Gasteiger partial charge >= 0.3 is 5.97 Å². The van der Waals surface area contributed by atoms with Gasteiger partial charge in [-0.2, -0.15) is 0 Å². The Bertz CT molecular complexity index is 675. The Morgan fingerprint density at radius 3 is 2.89 bits per heavy atom. The van der Waals surface area contributed by atoms with Crippen molar-refractivity contribution in [3.05, 3.63) is 26.6 Å². The van der Waals surface area contributed by atoms with E-state index in [1.54, 1.807) is 0 Å². The van der Waals surface area contributed by atoms with Gasteiger partial charge in [-0.05, 0) is 19.4 Å². The summed E-state index contributed by atoms with van der Waals surface area (Å²) < 4.78 is 0. The number of thiophene rings is 1. The standard InChI is InChI=1S/C12H15N3O3S/c1-6-7(2)19-12-10(6)11(18)14-8(15-12)5-13-4-3-9(16)17/h13H,3-5H2,1-2H3,(H,16,17)(H,14,15,18). The third-order valence-electron chi connectivity index (χ3n) is 2.90. The predicted molar refractivity (Wildman–Crippen MR) is 73.7 cm³/mol. The first-order valence-corrected chi connectivity index (χ1v) is 6.72. The second-order valence-electron chi connectivity index (χ2n) is 4.30. The van der Waals surface area contributed by atoms with Crippen LogP contribution >= 0.6 is 11.3 Å². The number of aromatic nitrogens is 2. The number of hydrogen-bond acceptors (Lipinski definition) is 5. The molecule has 3 N–H and O–H groups in total. The van der Waals surface area contributed by atoms with E-state index in [-0.39, 0.29) is 12.0 Å². The first kappa shape index (κ1) is 13.7. The van der Waals surface area contributed by atoms with E-state index in [9.17, 15) is 9.59 Å². The van der Waals surface area contributed by atoms with Gasteiger partial charge in [-0.3, -0.25) is 9.59 Å². The highest BCUT2D eigenvalue weighted by atomic mass is 32.1. The molecule has 2 aromatic heterocycles. The van der Waals surface area contributed by atoms with Crippen molar-refractivity contribution in [2.75, 3.05) is 6.54 Å². The van der Waals surface area contributed by atoms with E-state index < -0.39 is 5.97 Å². The van der Waals surface area contributed by atoms with Crippen LogP contribution in [0.5, 0.6) is 0 Å². The van der Waals surface area contributed by atoms with E-state index >= 15 is 0 Å². The lowest BCUT2D eigenvalue weighted by Gasteiger charge is -2.02. The zero-order chi connectivity index (χ0) is 14.0. The van der Waals surface area contributed by atoms with Gasteiger partial charge in [0.2, 0.25) is 0 Å². The van der Waals surface area contributed by atoms with Crippen LogP contribution in [-0.2, 0) is 11.3 Å². The van der Waals surface area contributed by atoms with Gasteiger partial charge < -0.3 is 15.4 Å². The molecule has 0 spiro atoms. The average Bonchev–Trinajstić information content (AvgIpc) is 2.61. The molecule has 19 heavy (non-hydrogen) atoms. The second-order valence-corrected chi connectivity index (χ2v) is 5.50. The number of carbonyl (C=O) groups is 1. The highest BCUT2D eigenvalue weighted by Gasteiger charge is 2.11. The third kappa shape index (κ3) is 2.99. The number of nitrogens with zero attached hydrogens (tertiary/aromatic N) is 1. The number of aliphatic carboxylic acids is 1. The molecule has 0 aliphatic carbocycles. The lowest BCUT2D eigenvalue weighted by molar-refractivity contribution is -0.136. The molecule has 2 aromatic rings. The van der Waals surface area contributed by atoms with Crippen LogP contribution in [0.15, 0.2) is 4.79 Å². The highest BCUT2D eigenvalue weighted by molar-refractivity contribution is 7.18. The molecular weight excluding hydrogens is 266 g/mol. The maximum Gasteiger partial charge on any atom is 0.304 e. The van der Waals surface area contributed by atoms with Crippen molar-refractivity contribution in [3.63, 3.8) is 0 Å². The molecule has 102 valence electrons. The number of aromatic amines is 1. The molecule has 0 fully saturated rings. The topological polar surface area (TPSA) is 95.1 Å². The molecular formula is C12H15N3O3S. The maximum absolute atomic E-state index is 12.0. The van der Waals surface area contributed by atoms with Crippen LogP contribution in [-0.4, -0.2) is 27.6 Å². The Labute approximate surface area is 113 Å². The molecule has 2 rings (SSSR count). The van der Waals surface area contributed by atoms with Gasteiger partial charge in [0.05, 0.1) is 18.4 Å². The summed E-state index contributed by atoms with van der Waals surface area (Å²) in [5.41, 5.74) is 0.834. The minimum absolute atomic E-state index is 0.0453. The summed E-state index contributed by atoms with van der Waals surface area (Å²) in [4.78, 5) is 31.3. The normalized spacial score (nSPS) is 11.1. The van der Waals surface area contributed by atoms with Crippen LogP contribution in [0.1, 0.15) is 22.7 Å². The lowest BCUT2D eigenvalue weighted by atomic mass is 10.2. The molecule has 2 heterocycles. The molecule has 0 saturated carbocycles. The summed E-state index contributed by atoms with van der Waals surface area (Å²) in [7, 11) is 0. The molecule has 0 saturated heterocycles. The van der Waals surface area contributed by atoms with Gasteiger partial charge in [0.25, 0.3) is 5.56 Å². The molecule has 6 nitrogen and oxygen atoms in total. The molecule has 0 radical (unpaired) electrons. The summed E-state index contributed by atoms with van der Waals surface area (Å²) in [5, 5.41) is 12.1. The van der Waals surface area contributed by atoms with Crippen LogP contribution in [0.4, 0.5) is 0 Å². The highest BCUT2D eigenvalue weighted by Crippen LogP contribution is 2.25. The Kier molecular flexibility index (Phi) is 3.96. The van der Waals surface area contributed by atoms with E-state index in [2.05, 4.69) is 15.3 Å². The lowest BCUT2D eigenvalue weighted by Crippen LogP contribution is -2.21. The van der Waals surface area contributed by atoms with Crippen molar-refractivity contribution < 1.29 is 9.90 Å². The molecule has 0 bridgehead atoms. The Morgan fingerprint density at radius 1 is 1.47 bits per heavy atom. The van der Waals surface area contributed by atoms with Crippen LogP contribution in [0.2, 0.25) is 0 Å². The zero-order valence-electron chi connectivity index (χ0n) is 10.7. The number of aryl methyl sites for hydroxylation is 2.